The fraction of sp³-hybridized carbons (Fsp3) is 0.167. The predicted octanol–water partition coefficient (Wildman–Crippen LogP) is 3.71. The monoisotopic (exact) mass is 306 g/mol. The van der Waals surface area contributed by atoms with Crippen molar-refractivity contribution in [3.05, 3.63) is 40.8 Å². The number of hydrogen-bond donors (Lipinski definition) is 1. The molecule has 102 valence electrons. The SMILES string of the molecule is Cc1sc([SH](=O)=O)cc1-c1ccc(C(F)(F)F)cc1. The summed E-state index contributed by atoms with van der Waals surface area (Å²) in [5.74, 6) is 0. The van der Waals surface area contributed by atoms with Crippen LogP contribution in [0.15, 0.2) is 34.5 Å². The van der Waals surface area contributed by atoms with Gasteiger partial charge < -0.3 is 0 Å². The number of rotatable bonds is 2. The average Bonchev–Trinajstić information content (AvgIpc) is 2.70. The molecule has 2 rings (SSSR count). The van der Waals surface area contributed by atoms with Crippen LogP contribution in [0.25, 0.3) is 11.1 Å². The molecule has 0 saturated carbocycles. The maximum absolute atomic E-state index is 12.4. The lowest BCUT2D eigenvalue weighted by Crippen LogP contribution is -2.03. The van der Waals surface area contributed by atoms with E-state index in [1.54, 1.807) is 6.92 Å². The van der Waals surface area contributed by atoms with Crippen molar-refractivity contribution in [2.24, 2.45) is 0 Å². The second-order valence-electron chi connectivity index (χ2n) is 3.89. The fourth-order valence-corrected chi connectivity index (χ4v) is 3.40. The van der Waals surface area contributed by atoms with Crippen LogP contribution in [0.3, 0.4) is 0 Å². The van der Waals surface area contributed by atoms with E-state index in [0.717, 1.165) is 28.3 Å². The molecule has 0 amide bonds. The second-order valence-corrected chi connectivity index (χ2v) is 6.44. The molecule has 0 radical (unpaired) electrons. The first-order valence-electron chi connectivity index (χ1n) is 5.21. The minimum Gasteiger partial charge on any atom is -0.226 e. The standard InChI is InChI=1S/C12H9F3O2S2/c1-7-10(6-11(18-7)19(16)17)8-2-4-9(5-3-8)12(13,14)15/h2-6,19H,1H3. The molecule has 0 spiro atoms. The lowest BCUT2D eigenvalue weighted by molar-refractivity contribution is -0.137. The Kier molecular flexibility index (Phi) is 3.69. The molecule has 1 aromatic heterocycles. The molecule has 0 N–H and O–H groups in total. The number of thiophene rings is 1. The summed E-state index contributed by atoms with van der Waals surface area (Å²) >= 11 is 1.11. The van der Waals surface area contributed by atoms with Gasteiger partial charge in [0.25, 0.3) is 0 Å². The Morgan fingerprint density at radius 3 is 2.11 bits per heavy atom. The van der Waals surface area contributed by atoms with Gasteiger partial charge in [0.1, 0.15) is 4.21 Å². The number of thiol groups is 1. The van der Waals surface area contributed by atoms with Crippen LogP contribution in [0, 0.1) is 6.92 Å². The summed E-state index contributed by atoms with van der Waals surface area (Å²) in [5, 5.41) is 0. The molecule has 2 aromatic rings. The van der Waals surface area contributed by atoms with Crippen LogP contribution in [-0.4, -0.2) is 8.42 Å². The molecule has 0 saturated heterocycles. The number of hydrogen-bond acceptors (Lipinski definition) is 3. The minimum atomic E-state index is -4.37. The van der Waals surface area contributed by atoms with Crippen LogP contribution >= 0.6 is 11.3 Å². The van der Waals surface area contributed by atoms with E-state index in [9.17, 15) is 21.6 Å². The number of benzene rings is 1. The molecule has 0 atom stereocenters. The van der Waals surface area contributed by atoms with Gasteiger partial charge in [-0.3, -0.25) is 0 Å². The molecule has 1 heterocycles. The zero-order valence-corrected chi connectivity index (χ0v) is 11.4. The molecule has 0 bridgehead atoms. The van der Waals surface area contributed by atoms with Gasteiger partial charge in [-0.15, -0.1) is 11.3 Å². The second kappa shape index (κ2) is 4.97. The molecule has 0 aliphatic heterocycles. The van der Waals surface area contributed by atoms with Crippen molar-refractivity contribution in [1.29, 1.82) is 0 Å². The Hall–Kier alpha value is -1.34. The van der Waals surface area contributed by atoms with Crippen molar-refractivity contribution in [1.82, 2.24) is 0 Å². The van der Waals surface area contributed by atoms with Crippen molar-refractivity contribution in [2.75, 3.05) is 0 Å². The quantitative estimate of drug-likeness (QED) is 0.858. The Labute approximate surface area is 113 Å². The van der Waals surface area contributed by atoms with Crippen molar-refractivity contribution < 1.29 is 21.6 Å². The van der Waals surface area contributed by atoms with Crippen molar-refractivity contribution in [3.8, 4) is 11.1 Å². The van der Waals surface area contributed by atoms with Crippen molar-refractivity contribution in [3.63, 3.8) is 0 Å². The Morgan fingerprint density at radius 2 is 1.68 bits per heavy atom. The third-order valence-electron chi connectivity index (χ3n) is 2.61. The van der Waals surface area contributed by atoms with Crippen LogP contribution in [0.5, 0.6) is 0 Å². The van der Waals surface area contributed by atoms with E-state index in [0.29, 0.717) is 11.1 Å². The molecule has 19 heavy (non-hydrogen) atoms. The highest BCUT2D eigenvalue weighted by molar-refractivity contribution is 7.75. The third kappa shape index (κ3) is 2.98. The zero-order chi connectivity index (χ0) is 14.2. The van der Waals surface area contributed by atoms with Gasteiger partial charge in [0, 0.05) is 4.88 Å². The van der Waals surface area contributed by atoms with Gasteiger partial charge in [-0.2, -0.15) is 13.2 Å². The first kappa shape index (κ1) is 14.1. The largest absolute Gasteiger partial charge is 0.416 e. The van der Waals surface area contributed by atoms with Gasteiger partial charge in [-0.1, -0.05) is 12.1 Å². The Morgan fingerprint density at radius 1 is 1.11 bits per heavy atom. The predicted molar refractivity (Wildman–Crippen MR) is 68.1 cm³/mol. The molecular weight excluding hydrogens is 297 g/mol. The van der Waals surface area contributed by atoms with Gasteiger partial charge in [0.2, 0.25) is 0 Å². The van der Waals surface area contributed by atoms with E-state index < -0.39 is 22.4 Å². The van der Waals surface area contributed by atoms with E-state index in [-0.39, 0.29) is 4.21 Å². The number of halogens is 3. The van der Waals surface area contributed by atoms with Crippen LogP contribution in [0.4, 0.5) is 13.2 Å². The lowest BCUT2D eigenvalue weighted by Gasteiger charge is -2.07. The van der Waals surface area contributed by atoms with Gasteiger partial charge in [-0.25, -0.2) is 8.42 Å². The third-order valence-corrected chi connectivity index (χ3v) is 4.67. The van der Waals surface area contributed by atoms with Crippen molar-refractivity contribution in [2.45, 2.75) is 17.3 Å². The highest BCUT2D eigenvalue weighted by atomic mass is 32.2. The van der Waals surface area contributed by atoms with Crippen LogP contribution < -0.4 is 0 Å². The summed E-state index contributed by atoms with van der Waals surface area (Å²) in [6, 6.07) is 6.15. The maximum Gasteiger partial charge on any atom is 0.416 e. The normalized spacial score (nSPS) is 12.1. The van der Waals surface area contributed by atoms with E-state index in [4.69, 9.17) is 0 Å². The van der Waals surface area contributed by atoms with Gasteiger partial charge in [0.05, 0.1) is 5.56 Å². The molecule has 0 unspecified atom stereocenters. The van der Waals surface area contributed by atoms with Crippen LogP contribution in [-0.2, 0) is 16.9 Å². The molecule has 7 heteroatoms. The van der Waals surface area contributed by atoms with E-state index in [1.807, 2.05) is 0 Å². The number of alkyl halides is 3. The van der Waals surface area contributed by atoms with E-state index in [2.05, 4.69) is 0 Å². The van der Waals surface area contributed by atoms with E-state index >= 15 is 0 Å². The smallest absolute Gasteiger partial charge is 0.226 e. The van der Waals surface area contributed by atoms with Gasteiger partial charge >= 0.3 is 6.18 Å². The number of aryl methyl sites for hydroxylation is 1. The van der Waals surface area contributed by atoms with Crippen molar-refractivity contribution >= 4 is 22.0 Å². The Bertz CT molecular complexity index is 659. The Balaban J connectivity index is 2.43. The lowest BCUT2D eigenvalue weighted by atomic mass is 10.0. The molecule has 0 aliphatic rings. The minimum absolute atomic E-state index is 0.211. The highest BCUT2D eigenvalue weighted by Crippen LogP contribution is 2.34. The summed E-state index contributed by atoms with van der Waals surface area (Å²) in [5.41, 5.74) is 0.497. The summed E-state index contributed by atoms with van der Waals surface area (Å²) in [7, 11) is -2.67. The van der Waals surface area contributed by atoms with Gasteiger partial charge in [-0.05, 0) is 36.2 Å². The summed E-state index contributed by atoms with van der Waals surface area (Å²) in [6.45, 7) is 1.74. The molecular formula is C12H9F3O2S2. The highest BCUT2D eigenvalue weighted by Gasteiger charge is 2.30. The van der Waals surface area contributed by atoms with Gasteiger partial charge in [0.15, 0.2) is 10.7 Å². The molecule has 2 nitrogen and oxygen atoms in total. The molecule has 0 fully saturated rings. The maximum atomic E-state index is 12.4. The topological polar surface area (TPSA) is 34.1 Å². The average molecular weight is 306 g/mol. The first-order valence-corrected chi connectivity index (χ1v) is 7.21. The summed E-state index contributed by atoms with van der Waals surface area (Å²) in [6.07, 6.45) is -4.37. The fourth-order valence-electron chi connectivity index (χ4n) is 1.68. The molecule has 0 aliphatic carbocycles. The zero-order valence-electron chi connectivity index (χ0n) is 9.69. The summed E-state index contributed by atoms with van der Waals surface area (Å²) < 4.78 is 59.3. The van der Waals surface area contributed by atoms with Crippen LogP contribution in [0.2, 0.25) is 0 Å². The van der Waals surface area contributed by atoms with Crippen LogP contribution in [0.1, 0.15) is 10.4 Å². The van der Waals surface area contributed by atoms with E-state index in [1.165, 1.54) is 18.2 Å². The molecule has 1 aromatic carbocycles. The first-order chi connectivity index (χ1) is 8.79. The summed E-state index contributed by atoms with van der Waals surface area (Å²) in [4.78, 5) is 0.758.